The lowest BCUT2D eigenvalue weighted by Gasteiger charge is -2.46. The Hall–Kier alpha value is -6.04. The Balaban J connectivity index is 0.669. The first-order valence-electron chi connectivity index (χ1n) is 23.4. The van der Waals surface area contributed by atoms with Crippen LogP contribution in [-0.4, -0.2) is 120 Å². The molecule has 346 valence electrons. The average molecular weight is 903 g/mol. The number of imide groups is 1. The van der Waals surface area contributed by atoms with Crippen LogP contribution in [0.3, 0.4) is 0 Å². The SMILES string of the molecule is Cc1cn(C2COC3(CCN(CC4CCN(c5cc(N6C7CCC6CN(c6cc(-c8cc(F)ccc8O)nnc6N)C7)ccc5F)CC4)CC3)OC2)c2ccc(N3CCC(=O)NC3=O)cc12. The van der Waals surface area contributed by atoms with Crippen molar-refractivity contribution in [3.8, 4) is 17.0 Å². The molecule has 66 heavy (non-hydrogen) atoms. The van der Waals surface area contributed by atoms with E-state index in [1.807, 2.05) is 30.3 Å². The number of fused-ring (bicyclic) bond motifs is 3. The van der Waals surface area contributed by atoms with Crippen molar-refractivity contribution in [3.63, 3.8) is 0 Å². The number of carbonyl (C=O) groups is 2. The number of phenolic OH excluding ortho intramolecular Hbond substituents is 1. The Morgan fingerprint density at radius 1 is 0.818 bits per heavy atom. The predicted molar refractivity (Wildman–Crippen MR) is 248 cm³/mol. The van der Waals surface area contributed by atoms with Gasteiger partial charge in [0.05, 0.1) is 36.3 Å². The molecule has 6 aliphatic rings. The maximum atomic E-state index is 15.6. The Morgan fingerprint density at radius 3 is 2.30 bits per heavy atom. The smallest absolute Gasteiger partial charge is 0.328 e. The number of carbonyl (C=O) groups excluding carboxylic acids is 2. The van der Waals surface area contributed by atoms with Crippen LogP contribution in [0.4, 0.5) is 42.1 Å². The highest BCUT2D eigenvalue weighted by atomic mass is 19.1. The molecule has 6 aliphatic heterocycles. The van der Waals surface area contributed by atoms with Crippen molar-refractivity contribution in [3.05, 3.63) is 84.1 Å². The van der Waals surface area contributed by atoms with E-state index in [2.05, 4.69) is 52.8 Å². The molecule has 3 amide bonds. The van der Waals surface area contributed by atoms with E-state index in [1.54, 1.807) is 17.0 Å². The molecule has 0 radical (unpaired) electrons. The molecule has 11 rings (SSSR count). The molecule has 2 atom stereocenters. The summed E-state index contributed by atoms with van der Waals surface area (Å²) < 4.78 is 45.1. The zero-order valence-corrected chi connectivity index (χ0v) is 37.2. The standard InChI is InChI=1S/C49H56F2N10O5/c1-30-24-60(42-8-6-33(21-38(30)42)59-17-12-46(63)53-48(59)64)37-28-65-49(66-29-37)13-18-56(19-14-49)25-31-10-15-57(16-11-31)43-22-34(5-7-40(43)51)61-35-3-4-36(61)27-58(26-35)44-23-41(54-55-47(44)52)39-20-32(50)2-9-45(39)62/h2,5-9,20-24,31,35-37,62H,3-4,10-19,25-29H2,1H3,(H2,52,55)(H,53,63,64). The number of anilines is 5. The van der Waals surface area contributed by atoms with E-state index in [1.165, 1.54) is 18.2 Å². The van der Waals surface area contributed by atoms with Crippen molar-refractivity contribution in [2.24, 2.45) is 5.92 Å². The molecule has 0 saturated carbocycles. The molecule has 1 spiro atoms. The lowest BCUT2D eigenvalue weighted by molar-refractivity contribution is -0.295. The number of hydrogen-bond donors (Lipinski definition) is 3. The first-order chi connectivity index (χ1) is 32.0. The lowest BCUT2D eigenvalue weighted by atomic mass is 9.94. The van der Waals surface area contributed by atoms with Crippen LogP contribution in [0.1, 0.15) is 56.6 Å². The number of ether oxygens (including phenoxy) is 2. The van der Waals surface area contributed by atoms with Crippen LogP contribution in [0.2, 0.25) is 0 Å². The summed E-state index contributed by atoms with van der Waals surface area (Å²) in [6, 6.07) is 17.1. The van der Waals surface area contributed by atoms with Gasteiger partial charge in [-0.1, -0.05) is 0 Å². The van der Waals surface area contributed by atoms with Crippen LogP contribution in [0.5, 0.6) is 5.75 Å². The van der Waals surface area contributed by atoms with Gasteiger partial charge in [0, 0.05) is 118 Å². The Bertz CT molecular complexity index is 2660. The van der Waals surface area contributed by atoms with Crippen LogP contribution in [-0.2, 0) is 14.3 Å². The van der Waals surface area contributed by atoms with Crippen LogP contribution in [0.15, 0.2) is 66.9 Å². The molecule has 2 aromatic heterocycles. The minimum Gasteiger partial charge on any atom is -0.507 e. The maximum Gasteiger partial charge on any atom is 0.328 e. The molecular weight excluding hydrogens is 847 g/mol. The van der Waals surface area contributed by atoms with Crippen molar-refractivity contribution >= 4 is 51.4 Å². The number of nitrogen functional groups attached to an aromatic ring is 1. The fourth-order valence-electron chi connectivity index (χ4n) is 11.4. The number of likely N-dealkylation sites (tertiary alicyclic amines) is 1. The molecule has 17 heteroatoms. The van der Waals surface area contributed by atoms with Gasteiger partial charge in [-0.25, -0.2) is 13.6 Å². The van der Waals surface area contributed by atoms with Crippen molar-refractivity contribution < 1.29 is 33.0 Å². The first-order valence-corrected chi connectivity index (χ1v) is 23.4. The quantitative estimate of drug-likeness (QED) is 0.154. The number of phenols is 1. The van der Waals surface area contributed by atoms with E-state index in [4.69, 9.17) is 15.2 Å². The van der Waals surface area contributed by atoms with Gasteiger partial charge in [-0.15, -0.1) is 10.2 Å². The predicted octanol–water partition coefficient (Wildman–Crippen LogP) is 6.57. The number of piperazine rings is 1. The second kappa shape index (κ2) is 17.0. The van der Waals surface area contributed by atoms with Crippen LogP contribution in [0, 0.1) is 24.5 Å². The molecule has 6 fully saturated rings. The number of nitrogens with zero attached hydrogens (tertiary/aromatic N) is 8. The van der Waals surface area contributed by atoms with Gasteiger partial charge in [-0.2, -0.15) is 0 Å². The third-order valence-corrected chi connectivity index (χ3v) is 15.0. The minimum absolute atomic E-state index is 0.0274. The highest BCUT2D eigenvalue weighted by molar-refractivity contribution is 6.06. The van der Waals surface area contributed by atoms with Crippen molar-refractivity contribution in [1.82, 2.24) is 25.0 Å². The molecule has 8 heterocycles. The number of amides is 3. The number of aryl methyl sites for hydroxylation is 1. The fourth-order valence-corrected chi connectivity index (χ4v) is 11.4. The van der Waals surface area contributed by atoms with E-state index >= 15 is 4.39 Å². The van der Waals surface area contributed by atoms with Gasteiger partial charge in [-0.3, -0.25) is 15.0 Å². The molecule has 3 aromatic carbocycles. The van der Waals surface area contributed by atoms with Crippen molar-refractivity contribution in [2.75, 3.05) is 90.9 Å². The zero-order chi connectivity index (χ0) is 45.3. The normalized spacial score (nSPS) is 23.1. The first kappa shape index (κ1) is 42.6. The van der Waals surface area contributed by atoms with Gasteiger partial charge < -0.3 is 44.5 Å². The summed E-state index contributed by atoms with van der Waals surface area (Å²) >= 11 is 0. The number of nitrogens with two attached hydrogens (primary N) is 1. The van der Waals surface area contributed by atoms with Crippen molar-refractivity contribution in [1.29, 1.82) is 0 Å². The zero-order valence-electron chi connectivity index (χ0n) is 37.2. The third kappa shape index (κ3) is 7.93. The largest absolute Gasteiger partial charge is 0.507 e. The summed E-state index contributed by atoms with van der Waals surface area (Å²) in [6.07, 6.45) is 8.03. The lowest BCUT2D eigenvalue weighted by Crippen LogP contribution is -2.54. The van der Waals surface area contributed by atoms with E-state index in [0.717, 1.165) is 99.1 Å². The van der Waals surface area contributed by atoms with Gasteiger partial charge in [0.1, 0.15) is 17.4 Å². The monoisotopic (exact) mass is 902 g/mol. The molecule has 4 N–H and O–H groups in total. The summed E-state index contributed by atoms with van der Waals surface area (Å²) in [5.74, 6) is -0.758. The van der Waals surface area contributed by atoms with E-state index in [-0.39, 0.29) is 59.4 Å². The van der Waals surface area contributed by atoms with E-state index in [9.17, 15) is 19.1 Å². The number of hydrogen-bond acceptors (Lipinski definition) is 12. The van der Waals surface area contributed by atoms with E-state index < -0.39 is 11.6 Å². The Morgan fingerprint density at radius 2 is 1.56 bits per heavy atom. The second-order valence-corrected chi connectivity index (χ2v) is 19.1. The van der Waals surface area contributed by atoms with Gasteiger partial charge in [0.25, 0.3) is 0 Å². The van der Waals surface area contributed by atoms with E-state index in [0.29, 0.717) is 55.8 Å². The molecule has 2 bridgehead atoms. The molecule has 6 saturated heterocycles. The number of benzene rings is 3. The molecule has 2 unspecified atom stereocenters. The number of halogens is 2. The second-order valence-electron chi connectivity index (χ2n) is 19.1. The van der Waals surface area contributed by atoms with Crippen LogP contribution >= 0.6 is 0 Å². The van der Waals surface area contributed by atoms with Crippen molar-refractivity contribution in [2.45, 2.75) is 75.8 Å². The highest BCUT2D eigenvalue weighted by Crippen LogP contribution is 2.42. The topological polar surface area (TPSA) is 158 Å². The summed E-state index contributed by atoms with van der Waals surface area (Å²) in [4.78, 5) is 35.2. The van der Waals surface area contributed by atoms with Gasteiger partial charge in [0.15, 0.2) is 11.6 Å². The summed E-state index contributed by atoms with van der Waals surface area (Å²) in [7, 11) is 0. The maximum absolute atomic E-state index is 15.6. The summed E-state index contributed by atoms with van der Waals surface area (Å²) in [5, 5.41) is 22.2. The number of nitrogens with one attached hydrogen (secondary N) is 1. The van der Waals surface area contributed by atoms with Gasteiger partial charge in [0.2, 0.25) is 5.91 Å². The molecule has 15 nitrogen and oxygen atoms in total. The Labute approximate surface area is 382 Å². The number of aromatic nitrogens is 3. The number of piperidine rings is 2. The Kier molecular flexibility index (Phi) is 11.0. The number of rotatable bonds is 8. The third-order valence-electron chi connectivity index (χ3n) is 15.0. The minimum atomic E-state index is -0.572. The molecule has 0 aliphatic carbocycles. The fraction of sp³-hybridized carbons (Fsp3) is 0.469. The number of urea groups is 1. The summed E-state index contributed by atoms with van der Waals surface area (Å²) in [6.45, 7) is 9.36. The average Bonchev–Trinajstić information content (AvgIpc) is 3.79. The van der Waals surface area contributed by atoms with Crippen LogP contribution < -0.4 is 30.7 Å². The van der Waals surface area contributed by atoms with Gasteiger partial charge >= 0.3 is 6.03 Å². The number of aromatic hydroxyl groups is 1. The molecule has 5 aromatic rings. The highest BCUT2D eigenvalue weighted by Gasteiger charge is 2.43. The van der Waals surface area contributed by atoms with Gasteiger partial charge in [-0.05, 0) is 105 Å². The summed E-state index contributed by atoms with van der Waals surface area (Å²) in [5.41, 5.74) is 12.3. The van der Waals surface area contributed by atoms with Crippen LogP contribution in [0.25, 0.3) is 22.2 Å². The molecular formula is C49H56F2N10O5.